The van der Waals surface area contributed by atoms with Gasteiger partial charge in [0.1, 0.15) is 5.82 Å². The van der Waals surface area contributed by atoms with Gasteiger partial charge in [-0.3, -0.25) is 4.79 Å². The van der Waals surface area contributed by atoms with E-state index < -0.39 is 0 Å². The Morgan fingerprint density at radius 1 is 1.27 bits per heavy atom. The van der Waals surface area contributed by atoms with Gasteiger partial charge >= 0.3 is 0 Å². The van der Waals surface area contributed by atoms with E-state index in [2.05, 4.69) is 15.2 Å². The van der Waals surface area contributed by atoms with Crippen LogP contribution in [0.3, 0.4) is 0 Å². The second-order valence-electron chi connectivity index (χ2n) is 6.10. The van der Waals surface area contributed by atoms with Gasteiger partial charge in [-0.15, -0.1) is 0 Å². The maximum absolute atomic E-state index is 12.0. The third-order valence-electron chi connectivity index (χ3n) is 4.05. The van der Waals surface area contributed by atoms with Crippen LogP contribution in [-0.2, 0) is 10.5 Å². The molecule has 138 valence electrons. The van der Waals surface area contributed by atoms with Crippen molar-refractivity contribution in [1.29, 1.82) is 0 Å². The van der Waals surface area contributed by atoms with Gasteiger partial charge in [-0.1, -0.05) is 23.9 Å². The van der Waals surface area contributed by atoms with E-state index >= 15 is 0 Å². The summed E-state index contributed by atoms with van der Waals surface area (Å²) in [5.41, 5.74) is 2.72. The minimum absolute atomic E-state index is 0.0410. The maximum atomic E-state index is 12.0. The molecule has 0 spiro atoms. The van der Waals surface area contributed by atoms with Crippen LogP contribution in [0.15, 0.2) is 35.5 Å². The van der Waals surface area contributed by atoms with Gasteiger partial charge in [0.2, 0.25) is 0 Å². The zero-order valence-corrected chi connectivity index (χ0v) is 16.0. The molecule has 0 saturated carbocycles. The number of thioether (sulfide) groups is 1. The maximum Gasteiger partial charge on any atom is 0.251 e. The number of anilines is 1. The van der Waals surface area contributed by atoms with Crippen LogP contribution in [-0.4, -0.2) is 48.7 Å². The number of benzene rings is 1. The van der Waals surface area contributed by atoms with E-state index in [0.717, 1.165) is 54.3 Å². The van der Waals surface area contributed by atoms with E-state index in [0.29, 0.717) is 12.1 Å². The molecule has 1 aliphatic heterocycles. The summed E-state index contributed by atoms with van der Waals surface area (Å²) in [7, 11) is 0. The van der Waals surface area contributed by atoms with Crippen molar-refractivity contribution in [3.05, 3.63) is 47.2 Å². The number of morpholine rings is 1. The minimum Gasteiger partial charge on any atom is -0.378 e. The summed E-state index contributed by atoms with van der Waals surface area (Å²) in [6, 6.07) is 9.71. The molecule has 0 radical (unpaired) electrons. The molecule has 1 aromatic carbocycles. The van der Waals surface area contributed by atoms with Crippen molar-refractivity contribution in [2.24, 2.45) is 0 Å². The minimum atomic E-state index is -0.0410. The summed E-state index contributed by atoms with van der Waals surface area (Å²) in [5.74, 6) is 1.64. The first-order chi connectivity index (χ1) is 12.7. The monoisotopic (exact) mass is 372 g/mol. The summed E-state index contributed by atoms with van der Waals surface area (Å²) in [5, 5.41) is 3.59. The lowest BCUT2D eigenvalue weighted by atomic mass is 10.1. The highest BCUT2D eigenvalue weighted by Crippen LogP contribution is 2.23. The van der Waals surface area contributed by atoms with E-state index in [1.807, 2.05) is 44.2 Å². The molecular formula is C19H24N4O2S. The highest BCUT2D eigenvalue weighted by atomic mass is 32.2. The fraction of sp³-hybridized carbons (Fsp3) is 0.421. The van der Waals surface area contributed by atoms with Crippen molar-refractivity contribution in [3.8, 4) is 0 Å². The van der Waals surface area contributed by atoms with Gasteiger partial charge in [-0.2, -0.15) is 0 Å². The second-order valence-corrected chi connectivity index (χ2v) is 7.04. The van der Waals surface area contributed by atoms with Crippen LogP contribution < -0.4 is 10.2 Å². The van der Waals surface area contributed by atoms with Gasteiger partial charge in [0.05, 0.1) is 13.2 Å². The summed E-state index contributed by atoms with van der Waals surface area (Å²) < 4.78 is 5.41. The number of hydrogen-bond donors (Lipinski definition) is 1. The Labute approximate surface area is 158 Å². The number of carbonyl (C=O) groups is 1. The predicted octanol–water partition coefficient (Wildman–Crippen LogP) is 2.66. The zero-order valence-electron chi connectivity index (χ0n) is 15.2. The van der Waals surface area contributed by atoms with Gasteiger partial charge in [-0.05, 0) is 31.5 Å². The lowest BCUT2D eigenvalue weighted by molar-refractivity contribution is 0.0955. The van der Waals surface area contributed by atoms with Crippen molar-refractivity contribution >= 4 is 23.5 Å². The van der Waals surface area contributed by atoms with Gasteiger partial charge in [0.25, 0.3) is 5.91 Å². The first-order valence-electron chi connectivity index (χ1n) is 8.84. The van der Waals surface area contributed by atoms with Gasteiger partial charge in [0.15, 0.2) is 5.16 Å². The Morgan fingerprint density at radius 3 is 2.85 bits per heavy atom. The number of rotatable bonds is 6. The van der Waals surface area contributed by atoms with E-state index in [9.17, 15) is 4.79 Å². The normalized spacial score (nSPS) is 14.3. The van der Waals surface area contributed by atoms with E-state index in [4.69, 9.17) is 9.72 Å². The molecule has 0 atom stereocenters. The topological polar surface area (TPSA) is 67.4 Å². The Hall–Kier alpha value is -2.12. The molecule has 0 bridgehead atoms. The Bertz CT molecular complexity index is 763. The predicted molar refractivity (Wildman–Crippen MR) is 104 cm³/mol. The summed E-state index contributed by atoms with van der Waals surface area (Å²) in [4.78, 5) is 23.5. The molecule has 0 unspecified atom stereocenters. The molecule has 1 aliphatic rings. The molecule has 1 N–H and O–H groups in total. The SMILES string of the molecule is CCNC(=O)c1cccc(CSc2nc(C)cc(N3CCOCC3)n2)c1. The van der Waals surface area contributed by atoms with Crippen molar-refractivity contribution in [2.45, 2.75) is 24.8 Å². The van der Waals surface area contributed by atoms with Crippen molar-refractivity contribution < 1.29 is 9.53 Å². The molecule has 6 nitrogen and oxygen atoms in total. The number of amides is 1. The zero-order chi connectivity index (χ0) is 18.4. The third-order valence-corrected chi connectivity index (χ3v) is 4.97. The number of nitrogens with one attached hydrogen (secondary N) is 1. The number of carbonyl (C=O) groups excluding carboxylic acids is 1. The summed E-state index contributed by atoms with van der Waals surface area (Å²) in [6.07, 6.45) is 0. The van der Waals surface area contributed by atoms with Crippen LogP contribution in [0.25, 0.3) is 0 Å². The molecule has 3 rings (SSSR count). The number of aromatic nitrogens is 2. The molecular weight excluding hydrogens is 348 g/mol. The highest BCUT2D eigenvalue weighted by molar-refractivity contribution is 7.98. The Kier molecular flexibility index (Phi) is 6.46. The number of ether oxygens (including phenoxy) is 1. The fourth-order valence-corrected chi connectivity index (χ4v) is 3.60. The van der Waals surface area contributed by atoms with Crippen LogP contribution in [0.5, 0.6) is 0 Å². The second kappa shape index (κ2) is 9.00. The number of nitrogens with zero attached hydrogens (tertiary/aromatic N) is 3. The van der Waals surface area contributed by atoms with E-state index in [-0.39, 0.29) is 5.91 Å². The smallest absolute Gasteiger partial charge is 0.251 e. The number of hydrogen-bond acceptors (Lipinski definition) is 6. The van der Waals surface area contributed by atoms with Crippen molar-refractivity contribution in [1.82, 2.24) is 15.3 Å². The lowest BCUT2D eigenvalue weighted by Crippen LogP contribution is -2.36. The quantitative estimate of drug-likeness (QED) is 0.621. The van der Waals surface area contributed by atoms with Gasteiger partial charge in [0, 0.05) is 42.7 Å². The van der Waals surface area contributed by atoms with Gasteiger partial charge in [-0.25, -0.2) is 9.97 Å². The number of aryl methyl sites for hydroxylation is 1. The molecule has 1 aromatic heterocycles. The third kappa shape index (κ3) is 4.95. The summed E-state index contributed by atoms with van der Waals surface area (Å²) in [6.45, 7) is 7.71. The van der Waals surface area contributed by atoms with Crippen LogP contribution in [0.4, 0.5) is 5.82 Å². The largest absolute Gasteiger partial charge is 0.378 e. The van der Waals surface area contributed by atoms with E-state index in [1.54, 1.807) is 11.8 Å². The van der Waals surface area contributed by atoms with Crippen molar-refractivity contribution in [3.63, 3.8) is 0 Å². The first-order valence-corrected chi connectivity index (χ1v) is 9.82. The average molecular weight is 372 g/mol. The van der Waals surface area contributed by atoms with Gasteiger partial charge < -0.3 is 15.0 Å². The standard InChI is InChI=1S/C19H24N4O2S/c1-3-20-18(24)16-6-4-5-15(12-16)13-26-19-21-14(2)11-17(22-19)23-7-9-25-10-8-23/h4-6,11-12H,3,7-10,13H2,1-2H3,(H,20,24). The van der Waals surface area contributed by atoms with Crippen LogP contribution in [0, 0.1) is 6.92 Å². The molecule has 1 fully saturated rings. The van der Waals surface area contributed by atoms with Crippen LogP contribution >= 0.6 is 11.8 Å². The van der Waals surface area contributed by atoms with Crippen LogP contribution in [0.2, 0.25) is 0 Å². The highest BCUT2D eigenvalue weighted by Gasteiger charge is 2.14. The molecule has 2 aromatic rings. The molecule has 1 saturated heterocycles. The first kappa shape index (κ1) is 18.7. The summed E-state index contributed by atoms with van der Waals surface area (Å²) >= 11 is 1.59. The average Bonchev–Trinajstić information content (AvgIpc) is 2.67. The van der Waals surface area contributed by atoms with E-state index in [1.165, 1.54) is 0 Å². The molecule has 7 heteroatoms. The molecule has 1 amide bonds. The van der Waals surface area contributed by atoms with Crippen molar-refractivity contribution in [2.75, 3.05) is 37.7 Å². The Morgan fingerprint density at radius 2 is 2.08 bits per heavy atom. The molecule has 0 aliphatic carbocycles. The van der Waals surface area contributed by atoms with Crippen LogP contribution in [0.1, 0.15) is 28.5 Å². The Balaban J connectivity index is 1.68. The lowest BCUT2D eigenvalue weighted by Gasteiger charge is -2.28. The molecule has 26 heavy (non-hydrogen) atoms. The molecule has 2 heterocycles. The fourth-order valence-electron chi connectivity index (χ4n) is 2.76.